The van der Waals surface area contributed by atoms with Crippen molar-refractivity contribution in [3.05, 3.63) is 36.0 Å². The van der Waals surface area contributed by atoms with Gasteiger partial charge in [-0.15, -0.1) is 0 Å². The highest BCUT2D eigenvalue weighted by Crippen LogP contribution is 2.18. The predicted octanol–water partition coefficient (Wildman–Crippen LogP) is 1.74. The molecule has 5 nitrogen and oxygen atoms in total. The number of carbonyl (C=O) groups excluding carboxylic acids is 1. The molecule has 2 aromatic rings. The van der Waals surface area contributed by atoms with Gasteiger partial charge in [0.25, 0.3) is 0 Å². The van der Waals surface area contributed by atoms with Crippen LogP contribution in [-0.4, -0.2) is 24.2 Å². The van der Waals surface area contributed by atoms with Gasteiger partial charge in [-0.3, -0.25) is 0 Å². The van der Waals surface area contributed by atoms with E-state index in [2.05, 4.69) is 10.3 Å². The molecule has 0 saturated carbocycles. The zero-order valence-corrected chi connectivity index (χ0v) is 10.1. The Labute approximate surface area is 105 Å². The van der Waals surface area contributed by atoms with Gasteiger partial charge in [-0.25, -0.2) is 4.79 Å². The van der Waals surface area contributed by atoms with Crippen LogP contribution in [0.1, 0.15) is 12.0 Å². The van der Waals surface area contributed by atoms with Crippen molar-refractivity contribution < 1.29 is 9.53 Å². The Morgan fingerprint density at radius 1 is 1.39 bits per heavy atom. The summed E-state index contributed by atoms with van der Waals surface area (Å²) < 4.78 is 5.13. The van der Waals surface area contributed by atoms with E-state index in [-0.39, 0.29) is 6.61 Å². The second-order valence-electron chi connectivity index (χ2n) is 4.00. The molecule has 0 fully saturated rings. The standard InChI is InChI=1S/C13H17N3O2/c14-6-3-7-15-13(17)18-9-10-8-16-12-5-2-1-4-11(10)12/h1-2,4-5,8,16H,3,6-7,9,14H2,(H,15,17). The highest BCUT2D eigenvalue weighted by atomic mass is 16.5. The first-order valence-electron chi connectivity index (χ1n) is 5.97. The minimum atomic E-state index is -0.409. The van der Waals surface area contributed by atoms with Crippen molar-refractivity contribution in [1.29, 1.82) is 0 Å². The molecule has 1 aromatic heterocycles. The summed E-state index contributed by atoms with van der Waals surface area (Å²) in [7, 11) is 0. The molecule has 5 heteroatoms. The van der Waals surface area contributed by atoms with Crippen molar-refractivity contribution in [1.82, 2.24) is 10.3 Å². The number of fused-ring (bicyclic) bond motifs is 1. The van der Waals surface area contributed by atoms with Crippen molar-refractivity contribution in [2.75, 3.05) is 13.1 Å². The Bertz CT molecular complexity index is 522. The van der Waals surface area contributed by atoms with Gasteiger partial charge in [-0.1, -0.05) is 18.2 Å². The number of para-hydroxylation sites is 1. The summed E-state index contributed by atoms with van der Waals surface area (Å²) in [5.41, 5.74) is 7.35. The number of nitrogens with two attached hydrogens (primary N) is 1. The summed E-state index contributed by atoms with van der Waals surface area (Å²) in [6.07, 6.45) is 2.20. The third-order valence-electron chi connectivity index (χ3n) is 2.68. The number of hydrogen-bond donors (Lipinski definition) is 3. The molecule has 0 bridgehead atoms. The summed E-state index contributed by atoms with van der Waals surface area (Å²) >= 11 is 0. The molecular formula is C13H17N3O2. The quantitative estimate of drug-likeness (QED) is 0.704. The molecule has 1 heterocycles. The lowest BCUT2D eigenvalue weighted by molar-refractivity contribution is 0.140. The van der Waals surface area contributed by atoms with Gasteiger partial charge in [-0.2, -0.15) is 0 Å². The van der Waals surface area contributed by atoms with Crippen LogP contribution in [0.3, 0.4) is 0 Å². The molecular weight excluding hydrogens is 230 g/mol. The first-order chi connectivity index (χ1) is 8.81. The average Bonchev–Trinajstić information content (AvgIpc) is 2.80. The Kier molecular flexibility index (Phi) is 4.20. The summed E-state index contributed by atoms with van der Waals surface area (Å²) in [4.78, 5) is 14.5. The van der Waals surface area contributed by atoms with Crippen molar-refractivity contribution >= 4 is 17.0 Å². The normalized spacial score (nSPS) is 10.5. The van der Waals surface area contributed by atoms with Crippen LogP contribution in [0.4, 0.5) is 4.79 Å². The van der Waals surface area contributed by atoms with Crippen LogP contribution in [0, 0.1) is 0 Å². The topological polar surface area (TPSA) is 80.1 Å². The molecule has 96 valence electrons. The van der Waals surface area contributed by atoms with Gasteiger partial charge in [0.05, 0.1) is 0 Å². The number of alkyl carbamates (subject to hydrolysis) is 1. The predicted molar refractivity (Wildman–Crippen MR) is 70.2 cm³/mol. The maximum absolute atomic E-state index is 11.4. The van der Waals surface area contributed by atoms with E-state index in [0.29, 0.717) is 13.1 Å². The van der Waals surface area contributed by atoms with Crippen molar-refractivity contribution in [3.63, 3.8) is 0 Å². The van der Waals surface area contributed by atoms with Gasteiger partial charge in [0.1, 0.15) is 6.61 Å². The maximum atomic E-state index is 11.4. The summed E-state index contributed by atoms with van der Waals surface area (Å²) in [6, 6.07) is 7.90. The lowest BCUT2D eigenvalue weighted by atomic mass is 10.2. The van der Waals surface area contributed by atoms with E-state index in [4.69, 9.17) is 10.5 Å². The number of rotatable bonds is 5. The van der Waals surface area contributed by atoms with Gasteiger partial charge in [0.2, 0.25) is 0 Å². The fraction of sp³-hybridized carbons (Fsp3) is 0.308. The molecule has 4 N–H and O–H groups in total. The van der Waals surface area contributed by atoms with Crippen LogP contribution >= 0.6 is 0 Å². The zero-order chi connectivity index (χ0) is 12.8. The SMILES string of the molecule is NCCCNC(=O)OCc1c[nH]c2ccccc12. The number of nitrogens with one attached hydrogen (secondary N) is 2. The van der Waals surface area contributed by atoms with Crippen LogP contribution in [0.2, 0.25) is 0 Å². The van der Waals surface area contributed by atoms with Gasteiger partial charge in [0.15, 0.2) is 0 Å². The highest BCUT2D eigenvalue weighted by molar-refractivity contribution is 5.83. The Balaban J connectivity index is 1.88. The van der Waals surface area contributed by atoms with Crippen LogP contribution in [0.15, 0.2) is 30.5 Å². The largest absolute Gasteiger partial charge is 0.445 e. The van der Waals surface area contributed by atoms with Crippen LogP contribution in [-0.2, 0) is 11.3 Å². The number of carbonyl (C=O) groups is 1. The van der Waals surface area contributed by atoms with Crippen molar-refractivity contribution in [2.24, 2.45) is 5.73 Å². The number of H-pyrrole nitrogens is 1. The van der Waals surface area contributed by atoms with E-state index in [1.165, 1.54) is 0 Å². The number of hydrogen-bond acceptors (Lipinski definition) is 3. The number of benzene rings is 1. The van der Waals surface area contributed by atoms with Crippen LogP contribution < -0.4 is 11.1 Å². The lowest BCUT2D eigenvalue weighted by Gasteiger charge is -2.05. The number of amides is 1. The zero-order valence-electron chi connectivity index (χ0n) is 10.1. The molecule has 0 aliphatic heterocycles. The molecule has 0 aliphatic rings. The minimum absolute atomic E-state index is 0.262. The third-order valence-corrected chi connectivity index (χ3v) is 2.68. The van der Waals surface area contributed by atoms with E-state index >= 15 is 0 Å². The van der Waals surface area contributed by atoms with Gasteiger partial charge >= 0.3 is 6.09 Å². The molecule has 0 spiro atoms. The first kappa shape index (κ1) is 12.4. The second-order valence-corrected chi connectivity index (χ2v) is 4.00. The van der Waals surface area contributed by atoms with E-state index in [0.717, 1.165) is 22.9 Å². The third kappa shape index (κ3) is 3.01. The van der Waals surface area contributed by atoms with Gasteiger partial charge in [0, 0.05) is 29.2 Å². The fourth-order valence-corrected chi connectivity index (χ4v) is 1.74. The smallest absolute Gasteiger partial charge is 0.407 e. The molecule has 0 radical (unpaired) electrons. The molecule has 0 unspecified atom stereocenters. The lowest BCUT2D eigenvalue weighted by Crippen LogP contribution is -2.26. The van der Waals surface area contributed by atoms with E-state index in [1.807, 2.05) is 30.5 Å². The van der Waals surface area contributed by atoms with Crippen LogP contribution in [0.5, 0.6) is 0 Å². The molecule has 0 atom stereocenters. The summed E-state index contributed by atoms with van der Waals surface area (Å²) in [6.45, 7) is 1.37. The second kappa shape index (κ2) is 6.07. The van der Waals surface area contributed by atoms with Crippen LogP contribution in [0.25, 0.3) is 10.9 Å². The molecule has 18 heavy (non-hydrogen) atoms. The van der Waals surface area contributed by atoms with E-state index in [1.54, 1.807) is 0 Å². The molecule has 1 aromatic carbocycles. The highest BCUT2D eigenvalue weighted by Gasteiger charge is 2.06. The summed E-state index contributed by atoms with van der Waals surface area (Å²) in [5.74, 6) is 0. The van der Waals surface area contributed by atoms with E-state index < -0.39 is 6.09 Å². The monoisotopic (exact) mass is 247 g/mol. The average molecular weight is 247 g/mol. The molecule has 0 aliphatic carbocycles. The van der Waals surface area contributed by atoms with Gasteiger partial charge < -0.3 is 20.8 Å². The van der Waals surface area contributed by atoms with Gasteiger partial charge in [-0.05, 0) is 19.0 Å². The molecule has 1 amide bonds. The Hall–Kier alpha value is -2.01. The number of aromatic nitrogens is 1. The van der Waals surface area contributed by atoms with Crippen molar-refractivity contribution in [3.8, 4) is 0 Å². The van der Waals surface area contributed by atoms with E-state index in [9.17, 15) is 4.79 Å². The number of aromatic amines is 1. The first-order valence-corrected chi connectivity index (χ1v) is 5.97. The summed E-state index contributed by atoms with van der Waals surface area (Å²) in [5, 5.41) is 3.72. The molecule has 0 saturated heterocycles. The van der Waals surface area contributed by atoms with Crippen molar-refractivity contribution in [2.45, 2.75) is 13.0 Å². The Morgan fingerprint density at radius 3 is 3.06 bits per heavy atom. The minimum Gasteiger partial charge on any atom is -0.445 e. The maximum Gasteiger partial charge on any atom is 0.407 e. The Morgan fingerprint density at radius 2 is 2.22 bits per heavy atom. The molecule has 2 rings (SSSR count). The number of ether oxygens (including phenoxy) is 1. The fourth-order valence-electron chi connectivity index (χ4n) is 1.74.